The first kappa shape index (κ1) is 15.2. The summed E-state index contributed by atoms with van der Waals surface area (Å²) in [7, 11) is 0. The van der Waals surface area contributed by atoms with Crippen molar-refractivity contribution in [2.45, 2.75) is 19.8 Å². The van der Waals surface area contributed by atoms with Gasteiger partial charge >= 0.3 is 5.97 Å². The highest BCUT2D eigenvalue weighted by Gasteiger charge is 2.20. The summed E-state index contributed by atoms with van der Waals surface area (Å²) in [5.41, 5.74) is 6.36. The Morgan fingerprint density at radius 2 is 2.00 bits per heavy atom. The van der Waals surface area contributed by atoms with Crippen LogP contribution in [0.25, 0.3) is 0 Å². The molecule has 1 fully saturated rings. The van der Waals surface area contributed by atoms with E-state index in [1.165, 1.54) is 6.07 Å². The highest BCUT2D eigenvalue weighted by molar-refractivity contribution is 5.93. The monoisotopic (exact) mass is 292 g/mol. The molecule has 114 valence electrons. The van der Waals surface area contributed by atoms with E-state index in [2.05, 4.69) is 0 Å². The molecule has 0 radical (unpaired) electrons. The summed E-state index contributed by atoms with van der Waals surface area (Å²) < 4.78 is 10.4. The molecule has 6 heteroatoms. The molecule has 2 N–H and O–H groups in total. The lowest BCUT2D eigenvalue weighted by molar-refractivity contribution is -0.132. The van der Waals surface area contributed by atoms with Gasteiger partial charge in [-0.25, -0.2) is 4.79 Å². The van der Waals surface area contributed by atoms with Crippen LogP contribution in [-0.4, -0.2) is 43.1 Å². The number of nitrogens with two attached hydrogens (primary N) is 1. The van der Waals surface area contributed by atoms with Crippen LogP contribution in [0, 0.1) is 0 Å². The molecule has 0 bridgehead atoms. The number of amides is 1. The molecule has 1 aromatic carbocycles. The van der Waals surface area contributed by atoms with E-state index in [-0.39, 0.29) is 24.7 Å². The van der Waals surface area contributed by atoms with Crippen LogP contribution in [0.3, 0.4) is 0 Å². The van der Waals surface area contributed by atoms with Crippen molar-refractivity contribution in [2.24, 2.45) is 0 Å². The topological polar surface area (TPSA) is 81.9 Å². The normalized spacial score (nSPS) is 14.0. The first-order valence-electron chi connectivity index (χ1n) is 7.09. The van der Waals surface area contributed by atoms with Gasteiger partial charge in [-0.3, -0.25) is 4.79 Å². The molecule has 2 rings (SSSR count). The number of rotatable bonds is 5. The third-order valence-electron chi connectivity index (χ3n) is 3.31. The Morgan fingerprint density at radius 1 is 1.29 bits per heavy atom. The number of likely N-dealkylation sites (tertiary alicyclic amines) is 1. The average Bonchev–Trinajstić information content (AvgIpc) is 3.00. The standard InChI is InChI=1S/C15H20N2O4/c1-2-20-15(19)12-9-11(16)5-6-13(12)21-10-14(18)17-7-3-4-8-17/h5-6,9H,2-4,7-8,10,16H2,1H3. The van der Waals surface area contributed by atoms with E-state index < -0.39 is 5.97 Å². The Morgan fingerprint density at radius 3 is 2.67 bits per heavy atom. The minimum Gasteiger partial charge on any atom is -0.483 e. The summed E-state index contributed by atoms with van der Waals surface area (Å²) in [6.45, 7) is 3.45. The van der Waals surface area contributed by atoms with Gasteiger partial charge in [0.2, 0.25) is 0 Å². The number of hydrogen-bond acceptors (Lipinski definition) is 5. The number of ether oxygens (including phenoxy) is 2. The maximum Gasteiger partial charge on any atom is 0.341 e. The van der Waals surface area contributed by atoms with Crippen LogP contribution in [-0.2, 0) is 9.53 Å². The number of hydrogen-bond donors (Lipinski definition) is 1. The van der Waals surface area contributed by atoms with Gasteiger partial charge in [0.25, 0.3) is 5.91 Å². The molecule has 1 aromatic rings. The summed E-state index contributed by atoms with van der Waals surface area (Å²) in [5.74, 6) is -0.261. The summed E-state index contributed by atoms with van der Waals surface area (Å²) in [6.07, 6.45) is 2.06. The Kier molecular flexibility index (Phi) is 5.03. The molecule has 21 heavy (non-hydrogen) atoms. The lowest BCUT2D eigenvalue weighted by Gasteiger charge is -2.16. The maximum atomic E-state index is 12.0. The van der Waals surface area contributed by atoms with Gasteiger partial charge in [-0.05, 0) is 38.0 Å². The molecular weight excluding hydrogens is 272 g/mol. The molecule has 0 unspecified atom stereocenters. The smallest absolute Gasteiger partial charge is 0.341 e. The van der Waals surface area contributed by atoms with Crippen molar-refractivity contribution < 1.29 is 19.1 Å². The number of carbonyl (C=O) groups is 2. The van der Waals surface area contributed by atoms with Crippen LogP contribution < -0.4 is 10.5 Å². The Bertz CT molecular complexity index is 524. The first-order valence-corrected chi connectivity index (χ1v) is 7.09. The lowest BCUT2D eigenvalue weighted by atomic mass is 10.2. The van der Waals surface area contributed by atoms with Gasteiger partial charge < -0.3 is 20.1 Å². The van der Waals surface area contributed by atoms with E-state index in [1.807, 2.05) is 0 Å². The number of benzene rings is 1. The second-order valence-corrected chi connectivity index (χ2v) is 4.85. The fraction of sp³-hybridized carbons (Fsp3) is 0.467. The van der Waals surface area contributed by atoms with Crippen molar-refractivity contribution in [3.05, 3.63) is 23.8 Å². The van der Waals surface area contributed by atoms with Crippen molar-refractivity contribution in [2.75, 3.05) is 32.0 Å². The van der Waals surface area contributed by atoms with Gasteiger partial charge in [0, 0.05) is 18.8 Å². The van der Waals surface area contributed by atoms with Gasteiger partial charge in [-0.1, -0.05) is 0 Å². The second kappa shape index (κ2) is 6.97. The van der Waals surface area contributed by atoms with E-state index in [4.69, 9.17) is 15.2 Å². The summed E-state index contributed by atoms with van der Waals surface area (Å²) >= 11 is 0. The number of nitrogens with zero attached hydrogens (tertiary/aromatic N) is 1. The Hall–Kier alpha value is -2.24. The molecule has 1 aliphatic rings. The number of carbonyl (C=O) groups excluding carboxylic acids is 2. The molecule has 0 aromatic heterocycles. The van der Waals surface area contributed by atoms with Crippen LogP contribution in [0.4, 0.5) is 5.69 Å². The van der Waals surface area contributed by atoms with Gasteiger partial charge in [-0.15, -0.1) is 0 Å². The van der Waals surface area contributed by atoms with Gasteiger partial charge in [0.15, 0.2) is 6.61 Å². The summed E-state index contributed by atoms with van der Waals surface area (Å²) in [5, 5.41) is 0. The predicted octanol–water partition coefficient (Wildman–Crippen LogP) is 1.45. The lowest BCUT2D eigenvalue weighted by Crippen LogP contribution is -2.32. The van der Waals surface area contributed by atoms with Crippen molar-refractivity contribution >= 4 is 17.6 Å². The fourth-order valence-electron chi connectivity index (χ4n) is 2.24. The highest BCUT2D eigenvalue weighted by atomic mass is 16.5. The van der Waals surface area contributed by atoms with Crippen LogP contribution in [0.1, 0.15) is 30.1 Å². The molecule has 0 spiro atoms. The van der Waals surface area contributed by atoms with E-state index in [1.54, 1.807) is 24.0 Å². The van der Waals surface area contributed by atoms with Crippen LogP contribution in [0.5, 0.6) is 5.75 Å². The number of nitrogen functional groups attached to an aromatic ring is 1. The highest BCUT2D eigenvalue weighted by Crippen LogP contribution is 2.22. The van der Waals surface area contributed by atoms with Gasteiger partial charge in [-0.2, -0.15) is 0 Å². The molecule has 6 nitrogen and oxygen atoms in total. The van der Waals surface area contributed by atoms with Crippen LogP contribution >= 0.6 is 0 Å². The molecule has 0 atom stereocenters. The molecule has 1 aliphatic heterocycles. The molecule has 1 heterocycles. The summed E-state index contributed by atoms with van der Waals surface area (Å²) in [4.78, 5) is 25.6. The molecular formula is C15H20N2O4. The van der Waals surface area contributed by atoms with E-state index >= 15 is 0 Å². The first-order chi connectivity index (χ1) is 10.1. The van der Waals surface area contributed by atoms with Crippen molar-refractivity contribution in [1.29, 1.82) is 0 Å². The minimum absolute atomic E-state index is 0.0702. The molecule has 1 saturated heterocycles. The van der Waals surface area contributed by atoms with E-state index in [9.17, 15) is 9.59 Å². The third kappa shape index (κ3) is 3.87. The number of esters is 1. The van der Waals surface area contributed by atoms with Crippen molar-refractivity contribution in [1.82, 2.24) is 4.90 Å². The predicted molar refractivity (Wildman–Crippen MR) is 78.1 cm³/mol. The minimum atomic E-state index is -0.506. The van der Waals surface area contributed by atoms with Gasteiger partial charge in [0.05, 0.1) is 6.61 Å². The third-order valence-corrected chi connectivity index (χ3v) is 3.31. The maximum absolute atomic E-state index is 12.0. The molecule has 0 saturated carbocycles. The molecule has 0 aliphatic carbocycles. The van der Waals surface area contributed by atoms with Crippen LogP contribution in [0.15, 0.2) is 18.2 Å². The van der Waals surface area contributed by atoms with Crippen LogP contribution in [0.2, 0.25) is 0 Å². The Labute approximate surface area is 123 Å². The average molecular weight is 292 g/mol. The largest absolute Gasteiger partial charge is 0.483 e. The number of anilines is 1. The van der Waals surface area contributed by atoms with E-state index in [0.29, 0.717) is 11.4 Å². The van der Waals surface area contributed by atoms with Crippen molar-refractivity contribution in [3.63, 3.8) is 0 Å². The fourth-order valence-corrected chi connectivity index (χ4v) is 2.24. The molecule has 1 amide bonds. The Balaban J connectivity index is 2.04. The SMILES string of the molecule is CCOC(=O)c1cc(N)ccc1OCC(=O)N1CCCC1. The zero-order valence-electron chi connectivity index (χ0n) is 12.1. The van der Waals surface area contributed by atoms with E-state index in [0.717, 1.165) is 25.9 Å². The summed E-state index contributed by atoms with van der Waals surface area (Å²) in [6, 6.07) is 4.70. The van der Waals surface area contributed by atoms with Gasteiger partial charge in [0.1, 0.15) is 11.3 Å². The zero-order valence-corrected chi connectivity index (χ0v) is 12.1. The van der Waals surface area contributed by atoms with Crippen molar-refractivity contribution in [3.8, 4) is 5.75 Å². The quantitative estimate of drug-likeness (QED) is 0.656. The zero-order chi connectivity index (χ0) is 15.2. The second-order valence-electron chi connectivity index (χ2n) is 4.85.